The van der Waals surface area contributed by atoms with E-state index in [0.717, 1.165) is 24.0 Å². The van der Waals surface area contributed by atoms with Gasteiger partial charge in [0.1, 0.15) is 17.5 Å². The molecule has 1 aliphatic rings. The number of nitrogens with zero attached hydrogens (tertiary/aromatic N) is 3. The van der Waals surface area contributed by atoms with Crippen LogP contribution in [0.5, 0.6) is 0 Å². The van der Waals surface area contributed by atoms with Gasteiger partial charge in [-0.05, 0) is 66.8 Å². The highest BCUT2D eigenvalue weighted by molar-refractivity contribution is 14.1. The van der Waals surface area contributed by atoms with Gasteiger partial charge in [0.2, 0.25) is 0 Å². The summed E-state index contributed by atoms with van der Waals surface area (Å²) in [6.45, 7) is 2.91. The summed E-state index contributed by atoms with van der Waals surface area (Å²) in [5.74, 6) is 2.70. The molecule has 1 aliphatic carbocycles. The fraction of sp³-hybridized carbons (Fsp3) is 0.500. The molecule has 26 heavy (non-hydrogen) atoms. The monoisotopic (exact) mass is 465 g/mol. The molecule has 1 aromatic carbocycles. The van der Waals surface area contributed by atoms with E-state index in [4.69, 9.17) is 0 Å². The van der Waals surface area contributed by atoms with E-state index in [2.05, 4.69) is 67.5 Å². The number of aromatic nitrogens is 2. The van der Waals surface area contributed by atoms with Crippen molar-refractivity contribution in [3.63, 3.8) is 0 Å². The maximum atomic E-state index is 4.55. The lowest BCUT2D eigenvalue weighted by atomic mass is 9.91. The van der Waals surface area contributed by atoms with E-state index in [-0.39, 0.29) is 0 Å². The van der Waals surface area contributed by atoms with Gasteiger partial charge in [-0.15, -0.1) is 0 Å². The quantitative estimate of drug-likeness (QED) is 0.633. The van der Waals surface area contributed by atoms with E-state index in [1.807, 2.05) is 32.0 Å². The Bertz CT molecular complexity index is 726. The van der Waals surface area contributed by atoms with Crippen LogP contribution in [0, 0.1) is 10.5 Å². The lowest BCUT2D eigenvalue weighted by Crippen LogP contribution is -2.37. The van der Waals surface area contributed by atoms with E-state index in [9.17, 15) is 0 Å². The van der Waals surface area contributed by atoms with Gasteiger partial charge in [0.15, 0.2) is 0 Å². The highest BCUT2D eigenvalue weighted by Gasteiger charge is 2.21. The lowest BCUT2D eigenvalue weighted by molar-refractivity contribution is 0.352. The van der Waals surface area contributed by atoms with Crippen molar-refractivity contribution in [1.82, 2.24) is 15.3 Å². The van der Waals surface area contributed by atoms with E-state index in [1.54, 1.807) is 0 Å². The maximum Gasteiger partial charge on any atom is 0.133 e. The van der Waals surface area contributed by atoms with E-state index in [1.165, 1.54) is 34.8 Å². The normalized spacial score (nSPS) is 20.0. The summed E-state index contributed by atoms with van der Waals surface area (Å²) >= 11 is 2.41. The van der Waals surface area contributed by atoms with Gasteiger partial charge in [-0.25, -0.2) is 9.97 Å². The predicted molar refractivity (Wildman–Crippen MR) is 117 cm³/mol. The van der Waals surface area contributed by atoms with Crippen molar-refractivity contribution in [2.45, 2.75) is 51.2 Å². The molecule has 0 unspecified atom stereocenters. The van der Waals surface area contributed by atoms with Gasteiger partial charge in [0, 0.05) is 42.4 Å². The smallest absolute Gasteiger partial charge is 0.133 e. The van der Waals surface area contributed by atoms with Crippen LogP contribution in [-0.4, -0.2) is 36.1 Å². The zero-order chi connectivity index (χ0) is 18.5. The number of benzene rings is 1. The first-order valence-electron chi connectivity index (χ1n) is 9.27. The van der Waals surface area contributed by atoms with Crippen LogP contribution < -0.4 is 15.5 Å². The van der Waals surface area contributed by atoms with Crippen LogP contribution in [0.25, 0.3) is 0 Å². The van der Waals surface area contributed by atoms with Crippen molar-refractivity contribution in [1.29, 1.82) is 0 Å². The van der Waals surface area contributed by atoms with Crippen molar-refractivity contribution in [2.24, 2.45) is 0 Å². The third-order valence-electron chi connectivity index (χ3n) is 4.90. The first-order valence-corrected chi connectivity index (χ1v) is 10.4. The SMILES string of the molecule is Cc1nc(NC2CCC(NCc3ccccc3I)CC2)cc(N(C)C)n1. The molecule has 0 bridgehead atoms. The van der Waals surface area contributed by atoms with Crippen LogP contribution in [0.3, 0.4) is 0 Å². The first kappa shape index (κ1) is 19.4. The van der Waals surface area contributed by atoms with E-state index >= 15 is 0 Å². The molecule has 0 saturated heterocycles. The van der Waals surface area contributed by atoms with Crippen molar-refractivity contribution >= 4 is 34.2 Å². The Morgan fingerprint density at radius 2 is 1.77 bits per heavy atom. The summed E-state index contributed by atoms with van der Waals surface area (Å²) < 4.78 is 1.34. The third-order valence-corrected chi connectivity index (χ3v) is 5.95. The summed E-state index contributed by atoms with van der Waals surface area (Å²) in [5, 5.41) is 7.35. The Morgan fingerprint density at radius 3 is 2.46 bits per heavy atom. The average Bonchev–Trinajstić information content (AvgIpc) is 2.62. The van der Waals surface area contributed by atoms with Crippen molar-refractivity contribution in [3.8, 4) is 0 Å². The van der Waals surface area contributed by atoms with Crippen molar-refractivity contribution in [2.75, 3.05) is 24.3 Å². The number of anilines is 2. The van der Waals surface area contributed by atoms with Gasteiger partial charge in [-0.2, -0.15) is 0 Å². The zero-order valence-electron chi connectivity index (χ0n) is 15.8. The Labute approximate surface area is 170 Å². The zero-order valence-corrected chi connectivity index (χ0v) is 18.0. The Kier molecular flexibility index (Phi) is 6.69. The van der Waals surface area contributed by atoms with Crippen molar-refractivity contribution < 1.29 is 0 Å². The molecule has 2 N–H and O–H groups in total. The van der Waals surface area contributed by atoms with Gasteiger partial charge >= 0.3 is 0 Å². The van der Waals surface area contributed by atoms with Crippen LogP contribution >= 0.6 is 22.6 Å². The van der Waals surface area contributed by atoms with Gasteiger partial charge in [-0.3, -0.25) is 0 Å². The molecule has 0 aliphatic heterocycles. The highest BCUT2D eigenvalue weighted by atomic mass is 127. The van der Waals surface area contributed by atoms with Gasteiger partial charge in [0.25, 0.3) is 0 Å². The van der Waals surface area contributed by atoms with Crippen LogP contribution in [0.2, 0.25) is 0 Å². The molecule has 0 spiro atoms. The van der Waals surface area contributed by atoms with E-state index in [0.29, 0.717) is 12.1 Å². The Hall–Kier alpha value is -1.41. The first-order chi connectivity index (χ1) is 12.5. The number of halogens is 1. The fourth-order valence-corrected chi connectivity index (χ4v) is 3.98. The minimum Gasteiger partial charge on any atom is -0.367 e. The number of rotatable bonds is 6. The van der Waals surface area contributed by atoms with Crippen LogP contribution in [-0.2, 0) is 6.54 Å². The summed E-state index contributed by atoms with van der Waals surface area (Å²) in [6, 6.07) is 11.7. The molecule has 140 valence electrons. The van der Waals surface area contributed by atoms with E-state index < -0.39 is 0 Å². The van der Waals surface area contributed by atoms with Gasteiger partial charge < -0.3 is 15.5 Å². The summed E-state index contributed by atoms with van der Waals surface area (Å²) in [6.07, 6.45) is 4.74. The molecule has 5 nitrogen and oxygen atoms in total. The summed E-state index contributed by atoms with van der Waals surface area (Å²) in [4.78, 5) is 11.0. The van der Waals surface area contributed by atoms with Crippen LogP contribution in [0.15, 0.2) is 30.3 Å². The lowest BCUT2D eigenvalue weighted by Gasteiger charge is -2.30. The molecule has 0 radical (unpaired) electrons. The predicted octanol–water partition coefficient (Wildman–Crippen LogP) is 3.97. The van der Waals surface area contributed by atoms with Gasteiger partial charge in [0.05, 0.1) is 0 Å². The second-order valence-electron chi connectivity index (χ2n) is 7.22. The van der Waals surface area contributed by atoms with Crippen LogP contribution in [0.4, 0.5) is 11.6 Å². The minimum absolute atomic E-state index is 0.495. The summed E-state index contributed by atoms with van der Waals surface area (Å²) in [5.41, 5.74) is 1.39. The largest absolute Gasteiger partial charge is 0.367 e. The molecule has 6 heteroatoms. The number of hydrogen-bond donors (Lipinski definition) is 2. The average molecular weight is 465 g/mol. The third kappa shape index (κ3) is 5.30. The molecule has 0 atom stereocenters. The maximum absolute atomic E-state index is 4.55. The minimum atomic E-state index is 0.495. The van der Waals surface area contributed by atoms with Crippen LogP contribution in [0.1, 0.15) is 37.1 Å². The fourth-order valence-electron chi connectivity index (χ4n) is 3.40. The number of hydrogen-bond acceptors (Lipinski definition) is 5. The highest BCUT2D eigenvalue weighted by Crippen LogP contribution is 2.23. The Balaban J connectivity index is 1.49. The molecule has 3 rings (SSSR count). The molecule has 1 fully saturated rings. The summed E-state index contributed by atoms with van der Waals surface area (Å²) in [7, 11) is 4.02. The topological polar surface area (TPSA) is 53.1 Å². The second kappa shape index (κ2) is 8.99. The standard InChI is InChI=1S/C20H28IN5/c1-14-23-19(12-20(24-14)26(2)3)25-17-10-8-16(9-11-17)22-13-15-6-4-5-7-18(15)21/h4-7,12,16-17,22H,8-11,13H2,1-3H3,(H,23,24,25). The number of aryl methyl sites for hydroxylation is 1. The van der Waals surface area contributed by atoms with Crippen molar-refractivity contribution in [3.05, 3.63) is 45.3 Å². The van der Waals surface area contributed by atoms with Gasteiger partial charge in [-0.1, -0.05) is 18.2 Å². The number of nitrogens with one attached hydrogen (secondary N) is 2. The molecule has 1 heterocycles. The molecule has 1 aromatic heterocycles. The molecule has 1 saturated carbocycles. The second-order valence-corrected chi connectivity index (χ2v) is 8.38. The Morgan fingerprint density at radius 1 is 1.08 bits per heavy atom. The molecular formula is C20H28IN5. The molecule has 0 amide bonds. The molecule has 2 aromatic rings. The molecular weight excluding hydrogens is 437 g/mol.